The van der Waals surface area contributed by atoms with Crippen LogP contribution in [0.3, 0.4) is 0 Å². The number of unbranched alkanes of at least 4 members (excludes halogenated alkanes) is 1. The van der Waals surface area contributed by atoms with Gasteiger partial charge in [0.1, 0.15) is 35.9 Å². The van der Waals surface area contributed by atoms with Crippen LogP contribution in [0.1, 0.15) is 41.8 Å². The highest BCUT2D eigenvalue weighted by atomic mass is 19.1. The summed E-state index contributed by atoms with van der Waals surface area (Å²) in [6.45, 7) is -0.235. The zero-order valence-corrected chi connectivity index (χ0v) is 21.6. The SMILES string of the molecule is CN(C(=O)c1cn(C(CCCCN)C(=O)O)nn1)C1O[C@H](CO)[C@H](O)[C@H](n2cc(-c3cccc(F)c3)nn2)[C@H]1O. The summed E-state index contributed by atoms with van der Waals surface area (Å²) in [4.78, 5) is 26.0. The molecule has 6 atom stereocenters. The first-order valence-electron chi connectivity index (χ1n) is 12.6. The van der Waals surface area contributed by atoms with Gasteiger partial charge in [-0.15, -0.1) is 10.2 Å². The zero-order valence-electron chi connectivity index (χ0n) is 21.6. The second kappa shape index (κ2) is 12.6. The molecule has 1 fully saturated rings. The van der Waals surface area contributed by atoms with Crippen molar-refractivity contribution >= 4 is 11.9 Å². The predicted molar refractivity (Wildman–Crippen MR) is 134 cm³/mol. The lowest BCUT2D eigenvalue weighted by Crippen LogP contribution is -2.61. The number of carboxylic acids is 1. The van der Waals surface area contributed by atoms with E-state index in [0.29, 0.717) is 24.9 Å². The minimum Gasteiger partial charge on any atom is -0.480 e. The lowest BCUT2D eigenvalue weighted by molar-refractivity contribution is -0.235. The van der Waals surface area contributed by atoms with Gasteiger partial charge in [-0.25, -0.2) is 18.5 Å². The molecule has 0 spiro atoms. The second-order valence-electron chi connectivity index (χ2n) is 9.45. The summed E-state index contributed by atoms with van der Waals surface area (Å²) in [6, 6.07) is 3.36. The molecular weight excluding hydrogens is 531 g/mol. The molecule has 3 aromatic rings. The molecule has 1 aromatic carbocycles. The van der Waals surface area contributed by atoms with Gasteiger partial charge in [0, 0.05) is 12.6 Å². The number of aromatic nitrogens is 6. The van der Waals surface area contributed by atoms with Gasteiger partial charge < -0.3 is 35.8 Å². The summed E-state index contributed by atoms with van der Waals surface area (Å²) in [5.41, 5.74) is 5.95. The van der Waals surface area contributed by atoms with Crippen molar-refractivity contribution in [3.05, 3.63) is 48.2 Å². The van der Waals surface area contributed by atoms with E-state index in [9.17, 15) is 34.4 Å². The van der Waals surface area contributed by atoms with Crippen molar-refractivity contribution in [1.82, 2.24) is 34.9 Å². The summed E-state index contributed by atoms with van der Waals surface area (Å²) in [5, 5.41) is 57.1. The normalized spacial score (nSPS) is 23.6. The van der Waals surface area contributed by atoms with Crippen LogP contribution in [-0.2, 0) is 9.53 Å². The molecule has 1 amide bonds. The monoisotopic (exact) mass is 562 g/mol. The third-order valence-corrected chi connectivity index (χ3v) is 6.77. The number of ether oxygens (including phenoxy) is 1. The molecule has 1 aliphatic heterocycles. The van der Waals surface area contributed by atoms with Crippen LogP contribution < -0.4 is 5.73 Å². The fourth-order valence-corrected chi connectivity index (χ4v) is 4.59. The van der Waals surface area contributed by atoms with Gasteiger partial charge in [-0.3, -0.25) is 4.79 Å². The average Bonchev–Trinajstić information content (AvgIpc) is 3.61. The number of hydrogen-bond acceptors (Lipinski definition) is 11. The maximum Gasteiger partial charge on any atom is 0.328 e. The molecule has 16 heteroatoms. The van der Waals surface area contributed by atoms with E-state index in [2.05, 4.69) is 20.6 Å². The molecule has 2 unspecified atom stereocenters. The minimum atomic E-state index is -1.56. The number of carbonyl (C=O) groups is 2. The Morgan fingerprint density at radius 1 is 1.18 bits per heavy atom. The second-order valence-corrected chi connectivity index (χ2v) is 9.45. The Kier molecular flexibility index (Phi) is 9.16. The Morgan fingerprint density at radius 3 is 2.62 bits per heavy atom. The topological polar surface area (TPSA) is 215 Å². The van der Waals surface area contributed by atoms with E-state index in [0.717, 1.165) is 9.58 Å². The number of benzene rings is 1. The smallest absolute Gasteiger partial charge is 0.328 e. The van der Waals surface area contributed by atoms with Gasteiger partial charge in [-0.2, -0.15) is 0 Å². The number of hydrogen-bond donors (Lipinski definition) is 5. The number of amides is 1. The molecule has 0 radical (unpaired) electrons. The van der Waals surface area contributed by atoms with Gasteiger partial charge in [-0.1, -0.05) is 22.6 Å². The highest BCUT2D eigenvalue weighted by Gasteiger charge is 2.48. The van der Waals surface area contributed by atoms with Crippen LogP contribution in [0.15, 0.2) is 36.7 Å². The number of aliphatic hydroxyl groups excluding tert-OH is 3. The number of aliphatic hydroxyl groups is 3. The molecule has 1 saturated heterocycles. The Balaban J connectivity index is 1.56. The fourth-order valence-electron chi connectivity index (χ4n) is 4.59. The molecule has 6 N–H and O–H groups in total. The first kappa shape index (κ1) is 29.2. The molecule has 4 rings (SSSR count). The largest absolute Gasteiger partial charge is 0.480 e. The fraction of sp³-hybridized carbons (Fsp3) is 0.500. The molecule has 2 aromatic heterocycles. The van der Waals surface area contributed by atoms with Crippen LogP contribution in [0.5, 0.6) is 0 Å². The predicted octanol–water partition coefficient (Wildman–Crippen LogP) is -0.817. The van der Waals surface area contributed by atoms with Gasteiger partial charge >= 0.3 is 5.97 Å². The summed E-state index contributed by atoms with van der Waals surface area (Å²) < 4.78 is 21.6. The number of likely N-dealkylation sites (N-methyl/N-ethyl adjacent to an activating group) is 1. The first-order chi connectivity index (χ1) is 19.2. The van der Waals surface area contributed by atoms with Crippen LogP contribution in [0.2, 0.25) is 0 Å². The Morgan fingerprint density at radius 2 is 1.95 bits per heavy atom. The number of nitrogens with zero attached hydrogens (tertiary/aromatic N) is 7. The molecule has 15 nitrogen and oxygen atoms in total. The zero-order chi connectivity index (χ0) is 29.0. The summed E-state index contributed by atoms with van der Waals surface area (Å²) in [6.07, 6.45) is -1.64. The van der Waals surface area contributed by atoms with Crippen LogP contribution in [-0.4, -0.2) is 112 Å². The molecule has 216 valence electrons. The molecule has 0 saturated carbocycles. The van der Waals surface area contributed by atoms with Gasteiger partial charge in [-0.05, 0) is 37.9 Å². The van der Waals surface area contributed by atoms with Crippen molar-refractivity contribution in [2.75, 3.05) is 20.2 Å². The lowest BCUT2D eigenvalue weighted by Gasteiger charge is -2.44. The Bertz CT molecular complexity index is 1320. The molecule has 40 heavy (non-hydrogen) atoms. The summed E-state index contributed by atoms with van der Waals surface area (Å²) >= 11 is 0. The van der Waals surface area contributed by atoms with Gasteiger partial charge in [0.2, 0.25) is 0 Å². The number of rotatable bonds is 11. The molecule has 1 aliphatic rings. The third-order valence-electron chi connectivity index (χ3n) is 6.77. The lowest BCUT2D eigenvalue weighted by atomic mass is 9.95. The number of carboxylic acid groups (broad SMARTS) is 1. The molecule has 3 heterocycles. The van der Waals surface area contributed by atoms with E-state index < -0.39 is 60.9 Å². The first-order valence-corrected chi connectivity index (χ1v) is 12.6. The van der Waals surface area contributed by atoms with Crippen molar-refractivity contribution in [2.24, 2.45) is 5.73 Å². The maximum absolute atomic E-state index is 13.7. The summed E-state index contributed by atoms with van der Waals surface area (Å²) in [5.74, 6) is -2.39. The average molecular weight is 563 g/mol. The van der Waals surface area contributed by atoms with E-state index in [1.807, 2.05) is 0 Å². The van der Waals surface area contributed by atoms with Gasteiger partial charge in [0.25, 0.3) is 5.91 Å². The van der Waals surface area contributed by atoms with Gasteiger partial charge in [0.05, 0.1) is 19.0 Å². The molecular formula is C24H31FN8O7. The molecule has 0 aliphatic carbocycles. The van der Waals surface area contributed by atoms with Crippen LogP contribution >= 0.6 is 0 Å². The number of halogens is 1. The molecule has 0 bridgehead atoms. The third kappa shape index (κ3) is 6.00. The Labute approximate surface area is 227 Å². The maximum atomic E-state index is 13.7. The van der Waals surface area contributed by atoms with Crippen molar-refractivity contribution in [3.63, 3.8) is 0 Å². The van der Waals surface area contributed by atoms with Crippen LogP contribution in [0, 0.1) is 5.82 Å². The van der Waals surface area contributed by atoms with E-state index in [1.165, 1.54) is 42.3 Å². The van der Waals surface area contributed by atoms with Crippen LogP contribution in [0.4, 0.5) is 4.39 Å². The quantitative estimate of drug-likeness (QED) is 0.181. The standard InChI is InChI=1S/C24H31FN8O7/c1-31(22(37)16-11-32(29-28-16)17(24(38)39)7-2-3-8-26)23-21(36)19(20(35)18(12-34)40-23)33-10-15(27-30-33)13-5-4-6-14(25)9-13/h4-6,9-11,17-21,23,34-36H,2-3,7-8,12,26H2,1H3,(H,38,39)/t17?,18-,19+,20+,21-,23?/m1/s1. The van der Waals surface area contributed by atoms with Crippen LogP contribution in [0.25, 0.3) is 11.3 Å². The number of aliphatic carboxylic acids is 1. The highest BCUT2D eigenvalue weighted by Crippen LogP contribution is 2.32. The Hall–Kier alpha value is -3.83. The van der Waals surface area contributed by atoms with Crippen molar-refractivity contribution in [3.8, 4) is 11.3 Å². The van der Waals surface area contributed by atoms with Crippen molar-refractivity contribution in [2.45, 2.75) is 55.9 Å². The van der Waals surface area contributed by atoms with E-state index in [4.69, 9.17) is 10.5 Å². The summed E-state index contributed by atoms with van der Waals surface area (Å²) in [7, 11) is 1.31. The number of carbonyl (C=O) groups excluding carboxylic acids is 1. The number of nitrogens with two attached hydrogens (primary N) is 1. The van der Waals surface area contributed by atoms with E-state index in [-0.39, 0.29) is 17.8 Å². The van der Waals surface area contributed by atoms with E-state index in [1.54, 1.807) is 6.07 Å². The van der Waals surface area contributed by atoms with Crippen molar-refractivity contribution < 1.29 is 39.1 Å². The van der Waals surface area contributed by atoms with Crippen molar-refractivity contribution in [1.29, 1.82) is 0 Å². The minimum absolute atomic E-state index is 0.208. The van der Waals surface area contributed by atoms with E-state index >= 15 is 0 Å². The highest BCUT2D eigenvalue weighted by molar-refractivity contribution is 5.92. The van der Waals surface area contributed by atoms with Gasteiger partial charge in [0.15, 0.2) is 18.0 Å².